The average Bonchev–Trinajstić information content (AvgIpc) is 3.98. The third-order valence-corrected chi connectivity index (χ3v) is 13.1. The van der Waals surface area contributed by atoms with Crippen LogP contribution in [-0.2, 0) is 45.6 Å². The molecule has 0 unspecified atom stereocenters. The number of carbonyl (C=O) groups excluding carboxylic acids is 1. The van der Waals surface area contributed by atoms with Gasteiger partial charge in [0, 0.05) is 26.0 Å². The van der Waals surface area contributed by atoms with Crippen molar-refractivity contribution in [3.8, 4) is 0 Å². The molecule has 6 aromatic carbocycles. The number of alkyl halides is 4. The Morgan fingerprint density at radius 3 is 0.944 bits per heavy atom. The number of aromatic nitrogens is 6. The zero-order valence-corrected chi connectivity index (χ0v) is 40.1. The van der Waals surface area contributed by atoms with Crippen molar-refractivity contribution in [2.45, 2.75) is 50.0 Å². The van der Waals surface area contributed by atoms with Gasteiger partial charge in [-0.2, -0.15) is 27.8 Å². The van der Waals surface area contributed by atoms with Crippen molar-refractivity contribution in [2.24, 2.45) is 0 Å². The van der Waals surface area contributed by atoms with Crippen LogP contribution in [-0.4, -0.2) is 35.7 Å². The summed E-state index contributed by atoms with van der Waals surface area (Å²) in [6.07, 6.45) is -1.30. The van der Waals surface area contributed by atoms with Gasteiger partial charge < -0.3 is 9.47 Å². The zero-order valence-electron chi connectivity index (χ0n) is 38.6. The van der Waals surface area contributed by atoms with Crippen LogP contribution in [0.4, 0.5) is 22.4 Å². The van der Waals surface area contributed by atoms with E-state index in [1.54, 1.807) is 0 Å². The lowest BCUT2D eigenvalue weighted by Gasteiger charge is -2.37. The van der Waals surface area contributed by atoms with E-state index in [4.69, 9.17) is 42.9 Å². The first kappa shape index (κ1) is 47.8. The van der Waals surface area contributed by atoms with Crippen LogP contribution in [0.15, 0.2) is 194 Å². The molecule has 15 heteroatoms. The van der Waals surface area contributed by atoms with Gasteiger partial charge in [0.25, 0.3) is 11.8 Å². The van der Waals surface area contributed by atoms with Gasteiger partial charge in [-0.1, -0.05) is 205 Å². The minimum absolute atomic E-state index is 0.0992. The molecule has 4 heterocycles. The van der Waals surface area contributed by atoms with E-state index in [2.05, 4.69) is 9.97 Å². The first-order valence-electron chi connectivity index (χ1n) is 22.8. The van der Waals surface area contributed by atoms with Crippen LogP contribution >= 0.6 is 23.2 Å². The summed E-state index contributed by atoms with van der Waals surface area (Å²) in [5, 5.41) is 9.02. The molecule has 0 saturated heterocycles. The minimum Gasteiger partial charge on any atom is -0.428 e. The van der Waals surface area contributed by atoms with Crippen LogP contribution < -0.4 is 0 Å². The number of halogens is 6. The summed E-state index contributed by atoms with van der Waals surface area (Å²) in [5.74, 6) is -7.09. The van der Waals surface area contributed by atoms with Gasteiger partial charge in [0.05, 0.1) is 33.2 Å². The van der Waals surface area contributed by atoms with Crippen molar-refractivity contribution in [3.63, 3.8) is 0 Å². The van der Waals surface area contributed by atoms with E-state index < -0.39 is 53.7 Å². The maximum atomic E-state index is 16.1. The Labute approximate surface area is 421 Å². The van der Waals surface area contributed by atoms with Crippen LogP contribution in [0, 0.1) is 0 Å². The van der Waals surface area contributed by atoms with Gasteiger partial charge in [-0.3, -0.25) is 0 Å². The SMILES string of the molecule is CC(F)(F)c1nn(C(c2ccccc2)(c2ccccc2)c2ccccc2)c2cc(Cl)nc(COC(=O)OCc3nc(Cl)cc4c3c(C(C)(F)F)nn4C(c3ccccc3)(c3ccccc3)c3ccccc3)c12. The number of ether oxygens (including phenoxy) is 2. The molecule has 0 saturated carbocycles. The highest BCUT2D eigenvalue weighted by molar-refractivity contribution is 6.30. The molecule has 72 heavy (non-hydrogen) atoms. The predicted octanol–water partition coefficient (Wildman–Crippen LogP) is 14.2. The molecule has 10 rings (SSSR count). The molecular weight excluding hydrogens is 964 g/mol. The van der Waals surface area contributed by atoms with Crippen LogP contribution in [0.1, 0.15) is 70.0 Å². The number of hydrogen-bond acceptors (Lipinski definition) is 7. The highest BCUT2D eigenvalue weighted by Crippen LogP contribution is 2.47. The summed E-state index contributed by atoms with van der Waals surface area (Å²) in [6, 6.07) is 59.0. The zero-order chi connectivity index (χ0) is 50.3. The molecule has 10 aromatic rings. The van der Waals surface area contributed by atoms with Crippen LogP contribution in [0.3, 0.4) is 0 Å². The van der Waals surface area contributed by atoms with Crippen LogP contribution in [0.5, 0.6) is 0 Å². The number of carbonyl (C=O) groups is 1. The van der Waals surface area contributed by atoms with E-state index in [0.717, 1.165) is 13.8 Å². The lowest BCUT2D eigenvalue weighted by molar-refractivity contribution is 0.0125. The summed E-state index contributed by atoms with van der Waals surface area (Å²) >= 11 is 13.5. The van der Waals surface area contributed by atoms with Gasteiger partial charge in [-0.25, -0.2) is 24.1 Å². The van der Waals surface area contributed by atoms with E-state index in [-0.39, 0.29) is 43.5 Å². The van der Waals surface area contributed by atoms with Gasteiger partial charge in [0.15, 0.2) is 0 Å². The predicted molar refractivity (Wildman–Crippen MR) is 268 cm³/mol. The Morgan fingerprint density at radius 1 is 0.458 bits per heavy atom. The Balaban J connectivity index is 1.06. The smallest absolute Gasteiger partial charge is 0.428 e. The summed E-state index contributed by atoms with van der Waals surface area (Å²) < 4.78 is 78.6. The Kier molecular flexibility index (Phi) is 12.6. The fourth-order valence-electron chi connectivity index (χ4n) is 9.80. The molecule has 0 aliphatic carbocycles. The molecule has 4 aromatic heterocycles. The lowest BCUT2D eigenvalue weighted by atomic mass is 9.77. The molecule has 0 aliphatic heterocycles. The Morgan fingerprint density at radius 2 is 0.708 bits per heavy atom. The first-order valence-corrected chi connectivity index (χ1v) is 23.5. The normalized spacial score (nSPS) is 12.3. The quantitative estimate of drug-likeness (QED) is 0.0463. The number of rotatable bonds is 14. The van der Waals surface area contributed by atoms with E-state index >= 15 is 17.6 Å². The van der Waals surface area contributed by atoms with Crippen LogP contribution in [0.25, 0.3) is 21.8 Å². The Hall–Kier alpha value is -7.87. The maximum Gasteiger partial charge on any atom is 0.509 e. The number of hydrogen-bond donors (Lipinski definition) is 0. The van der Waals surface area contributed by atoms with E-state index in [1.807, 2.05) is 182 Å². The summed E-state index contributed by atoms with van der Waals surface area (Å²) in [7, 11) is 0. The molecule has 0 atom stereocenters. The lowest BCUT2D eigenvalue weighted by Crippen LogP contribution is -2.38. The van der Waals surface area contributed by atoms with Gasteiger partial charge in [-0.05, 0) is 33.4 Å². The molecule has 0 spiro atoms. The number of pyridine rings is 2. The topological polar surface area (TPSA) is 96.9 Å². The van der Waals surface area contributed by atoms with Crippen molar-refractivity contribution >= 4 is 51.2 Å². The third-order valence-electron chi connectivity index (χ3n) is 12.7. The molecule has 0 radical (unpaired) electrons. The van der Waals surface area contributed by atoms with E-state index in [9.17, 15) is 4.79 Å². The molecule has 0 bridgehead atoms. The highest BCUT2D eigenvalue weighted by atomic mass is 35.5. The molecular formula is C57H42Cl2F4N6O3. The largest absolute Gasteiger partial charge is 0.509 e. The average molecular weight is 1010 g/mol. The second-order valence-electron chi connectivity index (χ2n) is 17.3. The van der Waals surface area contributed by atoms with Crippen molar-refractivity contribution in [1.29, 1.82) is 0 Å². The Bertz CT molecular complexity index is 3110. The van der Waals surface area contributed by atoms with Gasteiger partial charge in [0.1, 0.15) is 46.0 Å². The molecule has 0 aliphatic rings. The third kappa shape index (κ3) is 8.41. The summed E-state index contributed by atoms with van der Waals surface area (Å²) in [6.45, 7) is 0.0326. The summed E-state index contributed by atoms with van der Waals surface area (Å²) in [5.41, 5.74) is 0.316. The molecule has 0 fully saturated rings. The van der Waals surface area contributed by atoms with E-state index in [0.29, 0.717) is 33.4 Å². The second-order valence-corrected chi connectivity index (χ2v) is 18.1. The monoisotopic (exact) mass is 1000 g/mol. The maximum absolute atomic E-state index is 16.1. The molecule has 0 N–H and O–H groups in total. The van der Waals surface area contributed by atoms with Crippen molar-refractivity contribution in [1.82, 2.24) is 29.5 Å². The number of benzene rings is 6. The second kappa shape index (κ2) is 19.0. The van der Waals surface area contributed by atoms with Gasteiger partial charge >= 0.3 is 6.16 Å². The van der Waals surface area contributed by atoms with Gasteiger partial charge in [-0.15, -0.1) is 0 Å². The molecule has 9 nitrogen and oxygen atoms in total. The van der Waals surface area contributed by atoms with Gasteiger partial charge in [0.2, 0.25) is 0 Å². The molecule has 360 valence electrons. The summed E-state index contributed by atoms with van der Waals surface area (Å²) in [4.78, 5) is 22.5. The number of fused-ring (bicyclic) bond motifs is 2. The van der Waals surface area contributed by atoms with Crippen molar-refractivity contribution in [3.05, 3.63) is 261 Å². The fourth-order valence-corrected chi connectivity index (χ4v) is 10.2. The van der Waals surface area contributed by atoms with Crippen LogP contribution in [0.2, 0.25) is 10.3 Å². The first-order chi connectivity index (χ1) is 34.7. The van der Waals surface area contributed by atoms with E-state index in [1.165, 1.54) is 21.5 Å². The fraction of sp³-hybridized carbons (Fsp3) is 0.140. The molecule has 0 amide bonds. The minimum atomic E-state index is -3.55. The van der Waals surface area contributed by atoms with Crippen molar-refractivity contribution in [2.75, 3.05) is 0 Å². The highest BCUT2D eigenvalue weighted by Gasteiger charge is 2.46. The van der Waals surface area contributed by atoms with Crippen molar-refractivity contribution < 1.29 is 31.8 Å². The number of nitrogens with zero attached hydrogens (tertiary/aromatic N) is 6. The standard InChI is InChI=1S/C57H42Cl2F4N6O3/c1-54(60,61)51-49-43(64-47(58)33-45(49)68(66-51)56(37-21-9-3-10-22-37,38-23-11-4-12-24-38)39-25-13-5-14-26-39)35-71-53(70)72-36-44-50-46(34-48(59)65-44)69(67-52(50)55(2,62)63)57(40-27-15-6-16-28-40,41-29-17-7-18-30-41)42-31-19-8-20-32-42/h3-34H,35-36H2,1-2H3.